The summed E-state index contributed by atoms with van der Waals surface area (Å²) >= 11 is 0. The first-order chi connectivity index (χ1) is 5.59. The summed E-state index contributed by atoms with van der Waals surface area (Å²) in [6, 6.07) is 0. The van der Waals surface area contributed by atoms with Crippen LogP contribution in [0.25, 0.3) is 0 Å². The topological polar surface area (TPSA) is 34.1 Å². The predicted molar refractivity (Wildman–Crippen MR) is 47.5 cm³/mol. The first-order valence-corrected chi connectivity index (χ1v) is 4.04. The number of rotatable bonds is 5. The normalized spacial score (nSPS) is 9.50. The Morgan fingerprint density at radius 2 is 1.83 bits per heavy atom. The molecule has 0 heterocycles. The van der Waals surface area contributed by atoms with E-state index in [4.69, 9.17) is 6.42 Å². The number of hydrogen-bond donors (Lipinski definition) is 0. The van der Waals surface area contributed by atoms with Crippen molar-refractivity contribution < 1.29 is 9.59 Å². The van der Waals surface area contributed by atoms with Crippen molar-refractivity contribution in [3.05, 3.63) is 0 Å². The molecule has 2 nitrogen and oxygen atoms in total. The fourth-order valence-electron chi connectivity index (χ4n) is 1.10. The Bertz CT molecular complexity index is 196. The molecule has 12 heavy (non-hydrogen) atoms. The van der Waals surface area contributed by atoms with E-state index in [-0.39, 0.29) is 11.6 Å². The predicted octanol–water partition coefficient (Wildman–Crippen LogP) is 1.58. The molecule has 0 aliphatic carbocycles. The van der Waals surface area contributed by atoms with E-state index in [1.54, 1.807) is 0 Å². The SMILES string of the molecule is C#CCCCC(C(C)=O)C(C)=O. The van der Waals surface area contributed by atoms with Crippen LogP contribution in [0.5, 0.6) is 0 Å². The van der Waals surface area contributed by atoms with Gasteiger partial charge in [-0.05, 0) is 26.7 Å². The van der Waals surface area contributed by atoms with Gasteiger partial charge in [0, 0.05) is 6.42 Å². The van der Waals surface area contributed by atoms with Gasteiger partial charge in [0.2, 0.25) is 0 Å². The molecule has 0 amide bonds. The summed E-state index contributed by atoms with van der Waals surface area (Å²) in [6.45, 7) is 2.89. The van der Waals surface area contributed by atoms with Crippen molar-refractivity contribution in [3.8, 4) is 12.3 Å². The van der Waals surface area contributed by atoms with Crippen molar-refractivity contribution in [3.63, 3.8) is 0 Å². The molecule has 0 radical (unpaired) electrons. The third kappa shape index (κ3) is 3.92. The van der Waals surface area contributed by atoms with Crippen LogP contribution in [0.3, 0.4) is 0 Å². The molecule has 0 spiro atoms. The third-order valence-corrected chi connectivity index (χ3v) is 1.80. The number of carbonyl (C=O) groups excluding carboxylic acids is 2. The van der Waals surface area contributed by atoms with Crippen molar-refractivity contribution in [2.24, 2.45) is 5.92 Å². The van der Waals surface area contributed by atoms with Crippen LogP contribution in [0.4, 0.5) is 0 Å². The molecule has 0 aliphatic heterocycles. The molecule has 0 saturated carbocycles. The Hall–Kier alpha value is -1.10. The maximum atomic E-state index is 10.9. The van der Waals surface area contributed by atoms with Gasteiger partial charge in [-0.25, -0.2) is 0 Å². The third-order valence-electron chi connectivity index (χ3n) is 1.80. The molecule has 66 valence electrons. The second-order valence-corrected chi connectivity index (χ2v) is 2.87. The largest absolute Gasteiger partial charge is 0.299 e. The molecule has 0 aliphatic rings. The zero-order valence-electron chi connectivity index (χ0n) is 7.59. The number of unbranched alkanes of at least 4 members (excludes halogenated alkanes) is 1. The zero-order chi connectivity index (χ0) is 9.56. The number of Topliss-reactive ketones (excluding diaryl/α,β-unsaturated/α-hetero) is 2. The summed E-state index contributed by atoms with van der Waals surface area (Å²) in [5.41, 5.74) is 0. The first-order valence-electron chi connectivity index (χ1n) is 4.04. The summed E-state index contributed by atoms with van der Waals surface area (Å²) in [5.74, 6) is 1.93. The quantitative estimate of drug-likeness (QED) is 0.353. The highest BCUT2D eigenvalue weighted by atomic mass is 16.1. The summed E-state index contributed by atoms with van der Waals surface area (Å²) < 4.78 is 0. The molecule has 0 aromatic carbocycles. The van der Waals surface area contributed by atoms with E-state index in [0.717, 1.165) is 6.42 Å². The molecule has 0 aromatic rings. The van der Waals surface area contributed by atoms with Crippen LogP contribution in [-0.2, 0) is 9.59 Å². The van der Waals surface area contributed by atoms with Crippen molar-refractivity contribution in [1.29, 1.82) is 0 Å². The van der Waals surface area contributed by atoms with Crippen molar-refractivity contribution in [1.82, 2.24) is 0 Å². The van der Waals surface area contributed by atoms with E-state index >= 15 is 0 Å². The maximum Gasteiger partial charge on any atom is 0.140 e. The highest BCUT2D eigenvalue weighted by Gasteiger charge is 2.17. The van der Waals surface area contributed by atoms with Gasteiger partial charge in [-0.15, -0.1) is 12.3 Å². The van der Waals surface area contributed by atoms with E-state index < -0.39 is 5.92 Å². The summed E-state index contributed by atoms with van der Waals surface area (Å²) in [6.07, 6.45) is 7.03. The van der Waals surface area contributed by atoms with Crippen LogP contribution in [0, 0.1) is 18.3 Å². The monoisotopic (exact) mass is 166 g/mol. The lowest BCUT2D eigenvalue weighted by molar-refractivity contribution is -0.130. The minimum absolute atomic E-state index is 0.0560. The Morgan fingerprint density at radius 1 is 1.33 bits per heavy atom. The number of ketones is 2. The molecular formula is C10H14O2. The average molecular weight is 166 g/mol. The second kappa shape index (κ2) is 5.54. The minimum Gasteiger partial charge on any atom is -0.299 e. The van der Waals surface area contributed by atoms with E-state index in [9.17, 15) is 9.59 Å². The number of terminal acetylenes is 1. The fourth-order valence-corrected chi connectivity index (χ4v) is 1.10. The second-order valence-electron chi connectivity index (χ2n) is 2.87. The van der Waals surface area contributed by atoms with Crippen LogP contribution in [-0.4, -0.2) is 11.6 Å². The minimum atomic E-state index is -0.432. The van der Waals surface area contributed by atoms with Crippen molar-refractivity contribution in [2.45, 2.75) is 33.1 Å². The van der Waals surface area contributed by atoms with Gasteiger partial charge in [-0.1, -0.05) is 0 Å². The Kier molecular flexibility index (Phi) is 5.03. The lowest BCUT2D eigenvalue weighted by atomic mass is 9.95. The Morgan fingerprint density at radius 3 is 2.17 bits per heavy atom. The number of carbonyl (C=O) groups is 2. The van der Waals surface area contributed by atoms with E-state index in [1.165, 1.54) is 13.8 Å². The molecule has 0 atom stereocenters. The molecule has 2 heteroatoms. The first kappa shape index (κ1) is 10.9. The lowest BCUT2D eigenvalue weighted by Gasteiger charge is -2.07. The van der Waals surface area contributed by atoms with Crippen molar-refractivity contribution in [2.75, 3.05) is 0 Å². The van der Waals surface area contributed by atoms with E-state index in [0.29, 0.717) is 12.8 Å². The molecular weight excluding hydrogens is 152 g/mol. The summed E-state index contributed by atoms with van der Waals surface area (Å²) in [5, 5.41) is 0. The highest BCUT2D eigenvalue weighted by molar-refractivity contribution is 6.00. The van der Waals surface area contributed by atoms with E-state index in [1.807, 2.05) is 0 Å². The standard InChI is InChI=1S/C10H14O2/c1-4-5-6-7-10(8(2)11)9(3)12/h1,10H,5-7H2,2-3H3. The Labute approximate surface area is 73.3 Å². The van der Waals surface area contributed by atoms with Crippen LogP contribution in [0.1, 0.15) is 33.1 Å². The van der Waals surface area contributed by atoms with Gasteiger partial charge in [0.25, 0.3) is 0 Å². The van der Waals surface area contributed by atoms with Crippen LogP contribution in [0.15, 0.2) is 0 Å². The average Bonchev–Trinajstić information content (AvgIpc) is 1.96. The van der Waals surface area contributed by atoms with Gasteiger partial charge in [-0.2, -0.15) is 0 Å². The van der Waals surface area contributed by atoms with Crippen LogP contribution < -0.4 is 0 Å². The smallest absolute Gasteiger partial charge is 0.140 e. The maximum absolute atomic E-state index is 10.9. The van der Waals surface area contributed by atoms with Crippen LogP contribution in [0.2, 0.25) is 0 Å². The van der Waals surface area contributed by atoms with Gasteiger partial charge in [-0.3, -0.25) is 9.59 Å². The molecule has 0 rings (SSSR count). The summed E-state index contributed by atoms with van der Waals surface area (Å²) in [7, 11) is 0. The van der Waals surface area contributed by atoms with Gasteiger partial charge in [0.05, 0.1) is 5.92 Å². The van der Waals surface area contributed by atoms with Crippen LogP contribution >= 0.6 is 0 Å². The van der Waals surface area contributed by atoms with Gasteiger partial charge in [0.15, 0.2) is 0 Å². The van der Waals surface area contributed by atoms with Gasteiger partial charge >= 0.3 is 0 Å². The van der Waals surface area contributed by atoms with Crippen molar-refractivity contribution >= 4 is 11.6 Å². The zero-order valence-corrected chi connectivity index (χ0v) is 7.59. The molecule has 0 unspecified atom stereocenters. The molecule has 0 saturated heterocycles. The highest BCUT2D eigenvalue weighted by Crippen LogP contribution is 2.10. The lowest BCUT2D eigenvalue weighted by Crippen LogP contribution is -2.19. The fraction of sp³-hybridized carbons (Fsp3) is 0.600. The molecule has 0 aromatic heterocycles. The Balaban J connectivity index is 3.91. The molecule has 0 N–H and O–H groups in total. The number of hydrogen-bond acceptors (Lipinski definition) is 2. The van der Waals surface area contributed by atoms with E-state index in [2.05, 4.69) is 5.92 Å². The summed E-state index contributed by atoms with van der Waals surface area (Å²) in [4.78, 5) is 21.8. The van der Waals surface area contributed by atoms with Gasteiger partial charge < -0.3 is 0 Å². The molecule has 0 fully saturated rings. The van der Waals surface area contributed by atoms with Gasteiger partial charge in [0.1, 0.15) is 11.6 Å². The molecule has 0 bridgehead atoms.